The molecule has 1 saturated carbocycles. The van der Waals surface area contributed by atoms with Crippen LogP contribution in [0.2, 0.25) is 0 Å². The highest BCUT2D eigenvalue weighted by atomic mass is 32.1. The quantitative estimate of drug-likeness (QED) is 0.537. The molecule has 148 valence electrons. The highest BCUT2D eigenvalue weighted by molar-refractivity contribution is 7.14. The number of hydrogen-bond acceptors (Lipinski definition) is 5. The molecule has 0 atom stereocenters. The van der Waals surface area contributed by atoms with Crippen molar-refractivity contribution in [1.29, 1.82) is 0 Å². The summed E-state index contributed by atoms with van der Waals surface area (Å²) in [5, 5.41) is 12.8. The topological polar surface area (TPSA) is 87.3 Å². The molecule has 3 N–H and O–H groups in total. The van der Waals surface area contributed by atoms with E-state index in [2.05, 4.69) is 16.0 Å². The highest BCUT2D eigenvalue weighted by Gasteiger charge is 2.25. The van der Waals surface area contributed by atoms with Gasteiger partial charge >= 0.3 is 0 Å². The predicted molar refractivity (Wildman–Crippen MR) is 115 cm³/mol. The molecule has 4 rings (SSSR count). The van der Waals surface area contributed by atoms with Gasteiger partial charge in [-0.15, -0.1) is 22.7 Å². The van der Waals surface area contributed by atoms with E-state index in [-0.39, 0.29) is 23.8 Å². The summed E-state index contributed by atoms with van der Waals surface area (Å²) in [5.74, 6) is -0.542. The van der Waals surface area contributed by atoms with Crippen LogP contribution >= 0.6 is 22.7 Å². The van der Waals surface area contributed by atoms with Crippen molar-refractivity contribution in [3.63, 3.8) is 0 Å². The van der Waals surface area contributed by atoms with E-state index in [4.69, 9.17) is 0 Å². The first-order valence-corrected chi connectivity index (χ1v) is 11.0. The number of nitrogens with one attached hydrogen (secondary N) is 3. The first-order chi connectivity index (χ1) is 14.1. The van der Waals surface area contributed by atoms with Crippen molar-refractivity contribution < 1.29 is 14.4 Å². The minimum atomic E-state index is -0.276. The Labute approximate surface area is 176 Å². The number of benzene rings is 1. The molecule has 0 saturated heterocycles. The van der Waals surface area contributed by atoms with Crippen LogP contribution in [0.3, 0.4) is 0 Å². The van der Waals surface area contributed by atoms with Crippen LogP contribution in [0.15, 0.2) is 53.2 Å². The van der Waals surface area contributed by atoms with Gasteiger partial charge in [0.25, 0.3) is 17.7 Å². The standard InChI is InChI=1S/C21H19N3O3S2/c25-18(24-21-16(9-11-29-21)19(26)23-15-7-8-15)14-5-3-13(4-6-14)12-22-20(27)17-2-1-10-28-17/h1-6,9-11,15H,7-8,12H2,(H,22,27)(H,23,26)(H,24,25). The maximum atomic E-state index is 12.5. The summed E-state index contributed by atoms with van der Waals surface area (Å²) in [6, 6.07) is 12.6. The van der Waals surface area contributed by atoms with Crippen LogP contribution in [0.1, 0.15) is 48.8 Å². The van der Waals surface area contributed by atoms with Crippen LogP contribution in [-0.4, -0.2) is 23.8 Å². The Kier molecular flexibility index (Phi) is 5.73. The number of carbonyl (C=O) groups is 3. The number of carbonyl (C=O) groups excluding carboxylic acids is 3. The lowest BCUT2D eigenvalue weighted by atomic mass is 10.1. The van der Waals surface area contributed by atoms with Crippen LogP contribution < -0.4 is 16.0 Å². The number of amides is 3. The van der Waals surface area contributed by atoms with Gasteiger partial charge in [0.15, 0.2) is 0 Å². The monoisotopic (exact) mass is 425 g/mol. The van der Waals surface area contributed by atoms with E-state index in [1.807, 2.05) is 11.4 Å². The molecule has 8 heteroatoms. The molecule has 0 radical (unpaired) electrons. The zero-order valence-corrected chi connectivity index (χ0v) is 17.1. The van der Waals surface area contributed by atoms with Crippen molar-refractivity contribution in [3.8, 4) is 0 Å². The fraction of sp³-hybridized carbons (Fsp3) is 0.190. The van der Waals surface area contributed by atoms with E-state index in [0.717, 1.165) is 18.4 Å². The highest BCUT2D eigenvalue weighted by Crippen LogP contribution is 2.26. The molecule has 29 heavy (non-hydrogen) atoms. The van der Waals surface area contributed by atoms with Gasteiger partial charge < -0.3 is 16.0 Å². The fourth-order valence-electron chi connectivity index (χ4n) is 2.70. The first kappa shape index (κ1) is 19.4. The van der Waals surface area contributed by atoms with Crippen LogP contribution in [0.25, 0.3) is 0 Å². The zero-order chi connectivity index (χ0) is 20.2. The average Bonchev–Trinajstić information content (AvgIpc) is 3.20. The third-order valence-corrected chi connectivity index (χ3v) is 6.16. The number of anilines is 1. The second-order valence-electron chi connectivity index (χ2n) is 6.72. The van der Waals surface area contributed by atoms with Crippen LogP contribution in [0.4, 0.5) is 5.00 Å². The first-order valence-electron chi connectivity index (χ1n) is 9.20. The van der Waals surface area contributed by atoms with E-state index < -0.39 is 0 Å². The molecule has 0 unspecified atom stereocenters. The van der Waals surface area contributed by atoms with Crippen molar-refractivity contribution in [1.82, 2.24) is 10.6 Å². The largest absolute Gasteiger partial charge is 0.349 e. The van der Waals surface area contributed by atoms with Gasteiger partial charge in [-0.25, -0.2) is 0 Å². The molecular weight excluding hydrogens is 406 g/mol. The molecule has 3 amide bonds. The van der Waals surface area contributed by atoms with Crippen LogP contribution in [-0.2, 0) is 6.54 Å². The third kappa shape index (κ3) is 4.90. The Morgan fingerprint density at radius 2 is 1.69 bits per heavy atom. The van der Waals surface area contributed by atoms with Gasteiger partial charge in [-0.2, -0.15) is 0 Å². The maximum Gasteiger partial charge on any atom is 0.261 e. The zero-order valence-electron chi connectivity index (χ0n) is 15.4. The molecule has 0 bridgehead atoms. The lowest BCUT2D eigenvalue weighted by Gasteiger charge is -2.08. The lowest BCUT2D eigenvalue weighted by Crippen LogP contribution is -2.26. The number of rotatable bonds is 7. The summed E-state index contributed by atoms with van der Waals surface area (Å²) in [6.07, 6.45) is 2.02. The molecule has 6 nitrogen and oxygen atoms in total. The Bertz CT molecular complexity index is 1020. The van der Waals surface area contributed by atoms with Gasteiger partial charge in [0, 0.05) is 18.2 Å². The van der Waals surface area contributed by atoms with E-state index in [0.29, 0.717) is 27.5 Å². The Morgan fingerprint density at radius 3 is 2.38 bits per heavy atom. The number of hydrogen-bond donors (Lipinski definition) is 3. The Balaban J connectivity index is 1.34. The molecule has 1 aliphatic rings. The number of thiophene rings is 2. The molecule has 1 aliphatic carbocycles. The van der Waals surface area contributed by atoms with Crippen molar-refractivity contribution in [2.24, 2.45) is 0 Å². The fourth-order valence-corrected chi connectivity index (χ4v) is 4.12. The van der Waals surface area contributed by atoms with E-state index >= 15 is 0 Å². The van der Waals surface area contributed by atoms with Gasteiger partial charge in [0.2, 0.25) is 0 Å². The molecule has 1 aromatic carbocycles. The van der Waals surface area contributed by atoms with Crippen molar-refractivity contribution >= 4 is 45.4 Å². The molecule has 0 spiro atoms. The molecule has 2 aromatic heterocycles. The third-order valence-electron chi connectivity index (χ3n) is 4.46. The van der Waals surface area contributed by atoms with Crippen LogP contribution in [0.5, 0.6) is 0 Å². The molecular formula is C21H19N3O3S2. The Hall–Kier alpha value is -2.97. The SMILES string of the molecule is O=C(Nc1sccc1C(=O)NC1CC1)c1ccc(CNC(=O)c2cccs2)cc1. The van der Waals surface area contributed by atoms with E-state index in [9.17, 15) is 14.4 Å². The molecule has 2 heterocycles. The Morgan fingerprint density at radius 1 is 0.897 bits per heavy atom. The van der Waals surface area contributed by atoms with Gasteiger partial charge in [0.1, 0.15) is 5.00 Å². The van der Waals surface area contributed by atoms with Crippen LogP contribution in [0, 0.1) is 0 Å². The van der Waals surface area contributed by atoms with E-state index in [1.54, 1.807) is 41.8 Å². The molecule has 3 aromatic rings. The lowest BCUT2D eigenvalue weighted by molar-refractivity contribution is 0.0945. The summed E-state index contributed by atoms with van der Waals surface area (Å²) < 4.78 is 0. The minimum Gasteiger partial charge on any atom is -0.349 e. The second-order valence-corrected chi connectivity index (χ2v) is 8.59. The average molecular weight is 426 g/mol. The van der Waals surface area contributed by atoms with Gasteiger partial charge in [0.05, 0.1) is 10.4 Å². The van der Waals surface area contributed by atoms with Crippen molar-refractivity contribution in [2.45, 2.75) is 25.4 Å². The van der Waals surface area contributed by atoms with Crippen molar-refractivity contribution in [3.05, 3.63) is 74.8 Å². The predicted octanol–water partition coefficient (Wildman–Crippen LogP) is 3.88. The summed E-state index contributed by atoms with van der Waals surface area (Å²) >= 11 is 2.71. The molecule has 0 aliphatic heterocycles. The maximum absolute atomic E-state index is 12.5. The van der Waals surface area contributed by atoms with Gasteiger partial charge in [-0.1, -0.05) is 18.2 Å². The summed E-state index contributed by atoms with van der Waals surface area (Å²) in [4.78, 5) is 37.5. The van der Waals surface area contributed by atoms with Crippen molar-refractivity contribution in [2.75, 3.05) is 5.32 Å². The normalized spacial score (nSPS) is 13.0. The van der Waals surface area contributed by atoms with Gasteiger partial charge in [-0.3, -0.25) is 14.4 Å². The van der Waals surface area contributed by atoms with E-state index in [1.165, 1.54) is 22.7 Å². The second kappa shape index (κ2) is 8.59. The van der Waals surface area contributed by atoms with Gasteiger partial charge in [-0.05, 0) is 53.4 Å². The smallest absolute Gasteiger partial charge is 0.261 e. The molecule has 1 fully saturated rings. The summed E-state index contributed by atoms with van der Waals surface area (Å²) in [6.45, 7) is 0.384. The summed E-state index contributed by atoms with van der Waals surface area (Å²) in [5.41, 5.74) is 1.87. The summed E-state index contributed by atoms with van der Waals surface area (Å²) in [7, 11) is 0. The minimum absolute atomic E-state index is 0.114.